The topological polar surface area (TPSA) is 128 Å². The van der Waals surface area contributed by atoms with Gasteiger partial charge in [-0.1, -0.05) is 18.2 Å². The number of fused-ring (bicyclic) bond motifs is 3. The highest BCUT2D eigenvalue weighted by Crippen LogP contribution is 2.60. The molecule has 0 radical (unpaired) electrons. The number of carboxylic acid groups (broad SMARTS) is 1. The van der Waals surface area contributed by atoms with Gasteiger partial charge in [-0.25, -0.2) is 4.79 Å². The van der Waals surface area contributed by atoms with Crippen molar-refractivity contribution in [3.63, 3.8) is 0 Å². The lowest BCUT2D eigenvalue weighted by Gasteiger charge is -2.38. The average Bonchev–Trinajstić information content (AvgIpc) is 3.39. The Morgan fingerprint density at radius 1 is 1.10 bits per heavy atom. The molecule has 2 aromatic rings. The van der Waals surface area contributed by atoms with Crippen molar-refractivity contribution in [1.29, 1.82) is 0 Å². The third-order valence-corrected chi connectivity index (χ3v) is 7.88. The summed E-state index contributed by atoms with van der Waals surface area (Å²) in [4.78, 5) is 28.2. The highest BCUT2D eigenvalue weighted by Gasteiger charge is 2.39. The number of benzene rings is 1. The molecule has 1 aromatic carbocycles. The van der Waals surface area contributed by atoms with Gasteiger partial charge in [-0.3, -0.25) is 18.6 Å². The molecule has 3 aliphatic rings. The van der Waals surface area contributed by atoms with Crippen molar-refractivity contribution in [1.82, 2.24) is 19.6 Å². The molecular weight excluding hydrogens is 424 g/mol. The number of carbonyl (C=O) groups is 2. The van der Waals surface area contributed by atoms with Gasteiger partial charge in [0.05, 0.1) is 35.6 Å². The molecule has 2 saturated heterocycles. The Hall–Kier alpha value is -2.60. The van der Waals surface area contributed by atoms with Gasteiger partial charge in [-0.15, -0.1) is 0 Å². The summed E-state index contributed by atoms with van der Waals surface area (Å²) < 4.78 is 28.8. The van der Waals surface area contributed by atoms with Gasteiger partial charge in [0.15, 0.2) is 5.69 Å². The summed E-state index contributed by atoms with van der Waals surface area (Å²) in [6.45, 7) is 2.45. The number of rotatable bonds is 2. The molecule has 2 amide bonds. The lowest BCUT2D eigenvalue weighted by molar-refractivity contribution is 0.0297. The number of morpholine rings is 1. The van der Waals surface area contributed by atoms with Gasteiger partial charge in [0.2, 0.25) is 0 Å². The van der Waals surface area contributed by atoms with Crippen LogP contribution in [0.1, 0.15) is 28.5 Å². The Morgan fingerprint density at radius 2 is 1.84 bits per heavy atom. The first-order valence-electron chi connectivity index (χ1n) is 10.2. The second-order valence-electron chi connectivity index (χ2n) is 8.00. The fourth-order valence-corrected chi connectivity index (χ4v) is 6.23. The van der Waals surface area contributed by atoms with Crippen LogP contribution in [0, 0.1) is 0 Å². The van der Waals surface area contributed by atoms with E-state index in [9.17, 15) is 23.8 Å². The minimum absolute atomic E-state index is 0.0832. The van der Waals surface area contributed by atoms with E-state index in [0.29, 0.717) is 61.0 Å². The van der Waals surface area contributed by atoms with Crippen molar-refractivity contribution >= 4 is 22.6 Å². The van der Waals surface area contributed by atoms with E-state index in [1.807, 2.05) is 6.07 Å². The number of nitrogens with zero attached hydrogens (tertiary/aromatic N) is 4. The first-order chi connectivity index (χ1) is 14.9. The van der Waals surface area contributed by atoms with Crippen molar-refractivity contribution in [3.05, 3.63) is 35.5 Å². The Labute approximate surface area is 180 Å². The number of hydrogen-bond acceptors (Lipinski definition) is 6. The summed E-state index contributed by atoms with van der Waals surface area (Å²) >= 11 is 0. The van der Waals surface area contributed by atoms with Crippen LogP contribution in [-0.2, 0) is 10.5 Å². The maximum absolute atomic E-state index is 13.3. The van der Waals surface area contributed by atoms with Crippen LogP contribution in [0.4, 0.5) is 4.79 Å². The van der Waals surface area contributed by atoms with Crippen molar-refractivity contribution in [2.75, 3.05) is 39.4 Å². The number of amides is 2. The van der Waals surface area contributed by atoms with E-state index < -0.39 is 16.7 Å². The van der Waals surface area contributed by atoms with Crippen molar-refractivity contribution in [2.45, 2.75) is 23.1 Å². The number of aromatic nitrogens is 2. The molecule has 0 saturated carbocycles. The zero-order chi connectivity index (χ0) is 21.8. The Kier molecular flexibility index (Phi) is 4.93. The number of ether oxygens (including phenoxy) is 1. The molecule has 1 aromatic heterocycles. The highest BCUT2D eigenvalue weighted by atomic mass is 32.3. The summed E-state index contributed by atoms with van der Waals surface area (Å²) in [7, 11) is -3.13. The van der Waals surface area contributed by atoms with Crippen molar-refractivity contribution < 1.29 is 28.5 Å². The molecule has 0 spiro atoms. The molecule has 166 valence electrons. The SMILES string of the molecule is O=C(O)N1CCC(n2nc(C(=O)N3CCOCC3)c3c2-c2ccccc2S(O)(O)C3)C1. The molecule has 5 rings (SSSR count). The standard InChI is InChI=1S/C20H24N4O6S/c25-19(22-7-9-30-10-8-22)17-15-12-31(28,29)16-4-2-1-3-14(16)18(15)24(21-17)13-5-6-23(11-13)20(26)27/h1-4,13,28-29H,5-12H2,(H,26,27). The van der Waals surface area contributed by atoms with E-state index in [1.54, 1.807) is 27.8 Å². The van der Waals surface area contributed by atoms with Gasteiger partial charge in [0, 0.05) is 37.3 Å². The quantitative estimate of drug-likeness (QED) is 0.644. The van der Waals surface area contributed by atoms with Crippen LogP contribution < -0.4 is 0 Å². The zero-order valence-corrected chi connectivity index (χ0v) is 17.6. The van der Waals surface area contributed by atoms with E-state index >= 15 is 0 Å². The van der Waals surface area contributed by atoms with Crippen LogP contribution in [0.15, 0.2) is 29.2 Å². The molecule has 3 aliphatic heterocycles. The van der Waals surface area contributed by atoms with Gasteiger partial charge in [-0.05, 0) is 12.5 Å². The molecule has 2 fully saturated rings. The summed E-state index contributed by atoms with van der Waals surface area (Å²) in [5.74, 6) is -0.346. The van der Waals surface area contributed by atoms with E-state index in [0.717, 1.165) is 0 Å². The molecular formula is C20H24N4O6S. The Morgan fingerprint density at radius 3 is 2.55 bits per heavy atom. The van der Waals surface area contributed by atoms with Crippen molar-refractivity contribution in [3.8, 4) is 11.3 Å². The van der Waals surface area contributed by atoms with Crippen LogP contribution in [-0.4, -0.2) is 85.2 Å². The minimum atomic E-state index is -3.13. The first kappa shape index (κ1) is 20.3. The molecule has 10 nitrogen and oxygen atoms in total. The largest absolute Gasteiger partial charge is 0.465 e. The summed E-state index contributed by atoms with van der Waals surface area (Å²) in [5, 5.41) is 14.0. The molecule has 0 aliphatic carbocycles. The first-order valence-corrected chi connectivity index (χ1v) is 11.9. The predicted molar refractivity (Wildman–Crippen MR) is 112 cm³/mol. The number of hydrogen-bond donors (Lipinski definition) is 3. The predicted octanol–water partition coefficient (Wildman–Crippen LogP) is 2.57. The fraction of sp³-hybridized carbons (Fsp3) is 0.450. The maximum Gasteiger partial charge on any atom is 0.407 e. The van der Waals surface area contributed by atoms with Gasteiger partial charge in [0.25, 0.3) is 5.91 Å². The fourth-order valence-electron chi connectivity index (χ4n) is 4.59. The number of likely N-dealkylation sites (tertiary alicyclic amines) is 1. The molecule has 0 bridgehead atoms. The van der Waals surface area contributed by atoms with Gasteiger partial charge in [0.1, 0.15) is 0 Å². The van der Waals surface area contributed by atoms with Gasteiger partial charge < -0.3 is 19.6 Å². The minimum Gasteiger partial charge on any atom is -0.465 e. The third kappa shape index (κ3) is 3.37. The van der Waals surface area contributed by atoms with E-state index in [-0.39, 0.29) is 29.9 Å². The third-order valence-electron chi connectivity index (χ3n) is 6.13. The lowest BCUT2D eigenvalue weighted by atomic mass is 10.0. The smallest absolute Gasteiger partial charge is 0.407 e. The molecule has 4 heterocycles. The lowest BCUT2D eigenvalue weighted by Crippen LogP contribution is -2.41. The maximum atomic E-state index is 13.3. The van der Waals surface area contributed by atoms with E-state index in [2.05, 4.69) is 5.10 Å². The second kappa shape index (κ2) is 7.52. The summed E-state index contributed by atoms with van der Waals surface area (Å²) in [5.41, 5.74) is 2.03. The van der Waals surface area contributed by atoms with Crippen LogP contribution >= 0.6 is 10.6 Å². The second-order valence-corrected chi connectivity index (χ2v) is 10.1. The van der Waals surface area contributed by atoms with Gasteiger partial charge in [-0.2, -0.15) is 15.7 Å². The van der Waals surface area contributed by atoms with Crippen LogP contribution in [0.2, 0.25) is 0 Å². The molecule has 11 heteroatoms. The molecule has 1 atom stereocenters. The summed E-state index contributed by atoms with van der Waals surface area (Å²) in [6.07, 6.45) is -0.410. The normalized spacial score (nSPS) is 23.2. The zero-order valence-electron chi connectivity index (χ0n) is 16.8. The van der Waals surface area contributed by atoms with E-state index in [4.69, 9.17) is 4.74 Å². The van der Waals surface area contributed by atoms with Crippen LogP contribution in [0.5, 0.6) is 0 Å². The number of carbonyl (C=O) groups excluding carboxylic acids is 1. The monoisotopic (exact) mass is 448 g/mol. The molecule has 31 heavy (non-hydrogen) atoms. The van der Waals surface area contributed by atoms with Crippen molar-refractivity contribution in [2.24, 2.45) is 0 Å². The Bertz CT molecular complexity index is 1050. The van der Waals surface area contributed by atoms with Gasteiger partial charge >= 0.3 is 6.09 Å². The molecule has 3 N–H and O–H groups in total. The average molecular weight is 449 g/mol. The molecule has 1 unspecified atom stereocenters. The van der Waals surface area contributed by atoms with E-state index in [1.165, 1.54) is 4.90 Å². The highest BCUT2D eigenvalue weighted by molar-refractivity contribution is 8.23. The summed E-state index contributed by atoms with van der Waals surface area (Å²) in [6, 6.07) is 6.81. The Balaban J connectivity index is 1.64. The van der Waals surface area contributed by atoms with Crippen LogP contribution in [0.3, 0.4) is 0 Å². The van der Waals surface area contributed by atoms with Crippen LogP contribution in [0.25, 0.3) is 11.3 Å².